The van der Waals surface area contributed by atoms with Crippen LogP contribution >= 0.6 is 0 Å². The summed E-state index contributed by atoms with van der Waals surface area (Å²) in [6.07, 6.45) is 0.125. The largest absolute Gasteiger partial charge is 0.324 e. The van der Waals surface area contributed by atoms with E-state index < -0.39 is 29.3 Å². The van der Waals surface area contributed by atoms with Crippen molar-refractivity contribution in [3.05, 3.63) is 70.8 Å². The van der Waals surface area contributed by atoms with Gasteiger partial charge in [0, 0.05) is 17.7 Å². The average molecular weight is 269 g/mol. The van der Waals surface area contributed by atoms with Crippen LogP contribution in [0.5, 0.6) is 0 Å². The number of halogens is 4. The minimum Gasteiger partial charge on any atom is -0.324 e. The fourth-order valence-electron chi connectivity index (χ4n) is 1.83. The molecule has 2 rings (SSSR count). The van der Waals surface area contributed by atoms with Crippen LogP contribution in [0.3, 0.4) is 0 Å². The van der Waals surface area contributed by atoms with Gasteiger partial charge in [0.1, 0.15) is 11.6 Å². The fraction of sp³-hybridized carbons (Fsp3) is 0.143. The maximum Gasteiger partial charge on any atom is 0.159 e. The number of rotatable bonds is 3. The topological polar surface area (TPSA) is 26.0 Å². The Labute approximate surface area is 107 Å². The van der Waals surface area contributed by atoms with Gasteiger partial charge >= 0.3 is 0 Å². The first kappa shape index (κ1) is 13.5. The van der Waals surface area contributed by atoms with Crippen LogP contribution in [0.2, 0.25) is 0 Å². The Balaban J connectivity index is 2.20. The van der Waals surface area contributed by atoms with Crippen molar-refractivity contribution in [3.63, 3.8) is 0 Å². The van der Waals surface area contributed by atoms with E-state index in [1.807, 2.05) is 0 Å². The van der Waals surface area contributed by atoms with Gasteiger partial charge in [0.05, 0.1) is 0 Å². The zero-order valence-corrected chi connectivity index (χ0v) is 9.84. The van der Waals surface area contributed by atoms with Gasteiger partial charge in [-0.2, -0.15) is 0 Å². The first-order valence-corrected chi connectivity index (χ1v) is 5.62. The Kier molecular flexibility index (Phi) is 3.85. The molecule has 5 heteroatoms. The van der Waals surface area contributed by atoms with Gasteiger partial charge in [-0.1, -0.05) is 12.1 Å². The summed E-state index contributed by atoms with van der Waals surface area (Å²) in [5.41, 5.74) is 6.36. The van der Waals surface area contributed by atoms with Crippen molar-refractivity contribution in [2.75, 3.05) is 0 Å². The Morgan fingerprint density at radius 1 is 0.842 bits per heavy atom. The predicted octanol–water partition coefficient (Wildman–Crippen LogP) is 3.49. The molecule has 2 aromatic rings. The van der Waals surface area contributed by atoms with Crippen LogP contribution in [-0.2, 0) is 6.42 Å². The summed E-state index contributed by atoms with van der Waals surface area (Å²) in [7, 11) is 0. The van der Waals surface area contributed by atoms with Gasteiger partial charge in [0.2, 0.25) is 0 Å². The maximum absolute atomic E-state index is 13.5. The molecule has 0 amide bonds. The summed E-state index contributed by atoms with van der Waals surface area (Å²) in [5.74, 6) is -3.38. The van der Waals surface area contributed by atoms with Crippen LogP contribution in [0.4, 0.5) is 17.6 Å². The molecule has 1 nitrogen and oxygen atoms in total. The minimum atomic E-state index is -0.982. The fourth-order valence-corrected chi connectivity index (χ4v) is 1.83. The zero-order chi connectivity index (χ0) is 14.0. The molecule has 0 heterocycles. The quantitative estimate of drug-likeness (QED) is 0.848. The first-order chi connectivity index (χ1) is 8.97. The van der Waals surface area contributed by atoms with E-state index in [1.54, 1.807) is 0 Å². The third kappa shape index (κ3) is 3.12. The molecular weight excluding hydrogens is 258 g/mol. The molecule has 0 aliphatic heterocycles. The Bertz CT molecular complexity index is 598. The summed E-state index contributed by atoms with van der Waals surface area (Å²) in [6, 6.07) is 5.69. The molecule has 2 aromatic carbocycles. The van der Waals surface area contributed by atoms with E-state index in [-0.39, 0.29) is 12.0 Å². The van der Waals surface area contributed by atoms with E-state index in [9.17, 15) is 17.6 Å². The van der Waals surface area contributed by atoms with Crippen LogP contribution < -0.4 is 5.73 Å². The lowest BCUT2D eigenvalue weighted by molar-refractivity contribution is 0.505. The molecule has 1 atom stereocenters. The summed E-state index contributed by atoms with van der Waals surface area (Å²) in [6.45, 7) is 0. The smallest absolute Gasteiger partial charge is 0.159 e. The molecule has 0 saturated carbocycles. The highest BCUT2D eigenvalue weighted by atomic mass is 19.2. The maximum atomic E-state index is 13.5. The third-order valence-electron chi connectivity index (χ3n) is 2.80. The monoisotopic (exact) mass is 269 g/mol. The highest BCUT2D eigenvalue weighted by molar-refractivity contribution is 5.26. The van der Waals surface area contributed by atoms with E-state index in [1.165, 1.54) is 12.1 Å². The lowest BCUT2D eigenvalue weighted by atomic mass is 9.99. The molecule has 2 N–H and O–H groups in total. The lowest BCUT2D eigenvalue weighted by Crippen LogP contribution is -2.15. The van der Waals surface area contributed by atoms with Crippen LogP contribution in [0.25, 0.3) is 0 Å². The number of nitrogens with two attached hydrogens (primary N) is 1. The molecular formula is C14H11F4N. The van der Waals surface area contributed by atoms with Crippen molar-refractivity contribution in [1.82, 2.24) is 0 Å². The third-order valence-corrected chi connectivity index (χ3v) is 2.80. The van der Waals surface area contributed by atoms with E-state index in [4.69, 9.17) is 5.73 Å². The van der Waals surface area contributed by atoms with Crippen LogP contribution in [0.15, 0.2) is 36.4 Å². The molecule has 0 spiro atoms. The number of hydrogen-bond acceptors (Lipinski definition) is 1. The molecule has 0 aliphatic rings. The van der Waals surface area contributed by atoms with Gasteiger partial charge in [-0.05, 0) is 30.2 Å². The molecule has 0 fully saturated rings. The second kappa shape index (κ2) is 5.40. The lowest BCUT2D eigenvalue weighted by Gasteiger charge is -2.13. The summed E-state index contributed by atoms with van der Waals surface area (Å²) < 4.78 is 52.0. The molecule has 100 valence electrons. The summed E-state index contributed by atoms with van der Waals surface area (Å²) in [4.78, 5) is 0. The Morgan fingerprint density at radius 2 is 1.58 bits per heavy atom. The molecule has 0 bridgehead atoms. The normalized spacial score (nSPS) is 12.5. The second-order valence-corrected chi connectivity index (χ2v) is 4.22. The Hall–Kier alpha value is -1.88. The Morgan fingerprint density at radius 3 is 2.21 bits per heavy atom. The van der Waals surface area contributed by atoms with E-state index >= 15 is 0 Å². The van der Waals surface area contributed by atoms with Crippen molar-refractivity contribution in [3.8, 4) is 0 Å². The standard InChI is InChI=1S/C14H11F4N/c15-9-2-3-10(12(17)7-9)14(19)6-8-1-4-11(16)13(18)5-8/h1-5,7,14H,6,19H2. The highest BCUT2D eigenvalue weighted by Gasteiger charge is 2.14. The van der Waals surface area contributed by atoms with Crippen LogP contribution in [0, 0.1) is 23.3 Å². The van der Waals surface area contributed by atoms with Crippen molar-refractivity contribution >= 4 is 0 Å². The van der Waals surface area contributed by atoms with Crippen molar-refractivity contribution in [2.45, 2.75) is 12.5 Å². The first-order valence-electron chi connectivity index (χ1n) is 5.62. The van der Waals surface area contributed by atoms with Gasteiger partial charge in [0.15, 0.2) is 11.6 Å². The van der Waals surface area contributed by atoms with Gasteiger partial charge in [-0.25, -0.2) is 17.6 Å². The molecule has 0 saturated heterocycles. The molecule has 0 aromatic heterocycles. The predicted molar refractivity (Wildman–Crippen MR) is 63.3 cm³/mol. The molecule has 1 unspecified atom stereocenters. The minimum absolute atomic E-state index is 0.125. The van der Waals surface area contributed by atoms with E-state index in [0.29, 0.717) is 5.56 Å². The summed E-state index contributed by atoms with van der Waals surface area (Å²) >= 11 is 0. The zero-order valence-electron chi connectivity index (χ0n) is 9.84. The SMILES string of the molecule is NC(Cc1ccc(F)c(F)c1)c1ccc(F)cc1F. The van der Waals surface area contributed by atoms with E-state index in [0.717, 1.165) is 24.3 Å². The van der Waals surface area contributed by atoms with Gasteiger partial charge in [-0.15, -0.1) is 0 Å². The van der Waals surface area contributed by atoms with Gasteiger partial charge < -0.3 is 5.73 Å². The summed E-state index contributed by atoms with van der Waals surface area (Å²) in [5, 5.41) is 0. The van der Waals surface area contributed by atoms with Gasteiger partial charge in [-0.3, -0.25) is 0 Å². The number of hydrogen-bond donors (Lipinski definition) is 1. The van der Waals surface area contributed by atoms with Crippen molar-refractivity contribution in [2.24, 2.45) is 5.73 Å². The van der Waals surface area contributed by atoms with Crippen molar-refractivity contribution < 1.29 is 17.6 Å². The average Bonchev–Trinajstić information content (AvgIpc) is 2.33. The second-order valence-electron chi connectivity index (χ2n) is 4.22. The molecule has 0 aliphatic carbocycles. The van der Waals surface area contributed by atoms with E-state index in [2.05, 4.69) is 0 Å². The van der Waals surface area contributed by atoms with Gasteiger partial charge in [0.25, 0.3) is 0 Å². The molecule has 0 radical (unpaired) electrons. The van der Waals surface area contributed by atoms with Crippen LogP contribution in [-0.4, -0.2) is 0 Å². The van der Waals surface area contributed by atoms with Crippen molar-refractivity contribution in [1.29, 1.82) is 0 Å². The molecule has 19 heavy (non-hydrogen) atoms. The number of benzene rings is 2. The highest BCUT2D eigenvalue weighted by Crippen LogP contribution is 2.21. The van der Waals surface area contributed by atoms with Crippen LogP contribution in [0.1, 0.15) is 17.2 Å².